The van der Waals surface area contributed by atoms with Gasteiger partial charge in [0.25, 0.3) is 0 Å². The summed E-state index contributed by atoms with van der Waals surface area (Å²) in [4.78, 5) is 0. The topological polar surface area (TPSA) is 38.0 Å². The second-order valence-electron chi connectivity index (χ2n) is 5.65. The van der Waals surface area contributed by atoms with Crippen LogP contribution in [0.5, 0.6) is 0 Å². The Kier molecular flexibility index (Phi) is 2.84. The van der Waals surface area contributed by atoms with Crippen molar-refractivity contribution in [2.45, 2.75) is 31.8 Å². The summed E-state index contributed by atoms with van der Waals surface area (Å²) in [5.41, 5.74) is 8.79. The number of nitrogens with two attached hydrogens (primary N) is 1. The number of benzene rings is 2. The molecule has 3 N–H and O–H groups in total. The fourth-order valence-corrected chi connectivity index (χ4v) is 2.32. The van der Waals surface area contributed by atoms with E-state index in [0.29, 0.717) is 0 Å². The van der Waals surface area contributed by atoms with E-state index in [1.807, 2.05) is 0 Å². The van der Waals surface area contributed by atoms with Crippen molar-refractivity contribution in [3.63, 3.8) is 0 Å². The molecule has 3 rings (SSSR count). The van der Waals surface area contributed by atoms with Crippen LogP contribution in [0, 0.1) is 6.92 Å². The monoisotopic (exact) mass is 240 g/mol. The van der Waals surface area contributed by atoms with Crippen molar-refractivity contribution in [3.05, 3.63) is 47.5 Å². The molecular weight excluding hydrogens is 220 g/mol. The molecule has 0 radical (unpaired) electrons. The summed E-state index contributed by atoms with van der Waals surface area (Å²) < 4.78 is 0. The molecule has 0 amide bonds. The average molecular weight is 240 g/mol. The Hall–Kier alpha value is -1.38. The Labute approximate surface area is 108 Å². The molecule has 1 saturated carbocycles. The molecule has 94 valence electrons. The van der Waals surface area contributed by atoms with E-state index in [9.17, 15) is 0 Å². The van der Waals surface area contributed by atoms with Crippen molar-refractivity contribution in [2.75, 3.05) is 6.54 Å². The molecule has 0 atom stereocenters. The normalized spacial score (nSPS) is 17.0. The molecule has 0 bridgehead atoms. The lowest BCUT2D eigenvalue weighted by molar-refractivity contribution is 0.569. The zero-order valence-electron chi connectivity index (χ0n) is 10.9. The molecule has 2 heteroatoms. The van der Waals surface area contributed by atoms with E-state index in [-0.39, 0.29) is 5.54 Å². The molecule has 0 aliphatic heterocycles. The lowest BCUT2D eigenvalue weighted by Crippen LogP contribution is -2.35. The van der Waals surface area contributed by atoms with Crippen molar-refractivity contribution >= 4 is 10.8 Å². The zero-order valence-corrected chi connectivity index (χ0v) is 10.9. The second-order valence-corrected chi connectivity index (χ2v) is 5.65. The van der Waals surface area contributed by atoms with Crippen LogP contribution in [0.25, 0.3) is 10.8 Å². The van der Waals surface area contributed by atoms with Gasteiger partial charge in [-0.05, 0) is 42.2 Å². The van der Waals surface area contributed by atoms with E-state index in [1.165, 1.54) is 21.9 Å². The van der Waals surface area contributed by atoms with E-state index in [2.05, 4.69) is 48.6 Å². The smallest absolute Gasteiger partial charge is 0.0282 e. The lowest BCUT2D eigenvalue weighted by Gasteiger charge is -2.10. The van der Waals surface area contributed by atoms with Crippen molar-refractivity contribution < 1.29 is 0 Å². The molecule has 0 saturated heterocycles. The van der Waals surface area contributed by atoms with Crippen LogP contribution < -0.4 is 11.1 Å². The van der Waals surface area contributed by atoms with Gasteiger partial charge in [0, 0.05) is 18.6 Å². The molecular formula is C16H20N2. The largest absolute Gasteiger partial charge is 0.324 e. The minimum atomic E-state index is 0.0912. The van der Waals surface area contributed by atoms with E-state index >= 15 is 0 Å². The van der Waals surface area contributed by atoms with Crippen LogP contribution in [0.4, 0.5) is 0 Å². The third-order valence-corrected chi connectivity index (χ3v) is 3.76. The van der Waals surface area contributed by atoms with Gasteiger partial charge >= 0.3 is 0 Å². The van der Waals surface area contributed by atoms with Gasteiger partial charge in [-0.25, -0.2) is 0 Å². The summed E-state index contributed by atoms with van der Waals surface area (Å²) in [6.07, 6.45) is 2.33. The maximum absolute atomic E-state index is 6.06. The van der Waals surface area contributed by atoms with Gasteiger partial charge in [0.05, 0.1) is 0 Å². The average Bonchev–Trinajstić information content (AvgIpc) is 3.08. The molecule has 1 fully saturated rings. The number of rotatable bonds is 4. The van der Waals surface area contributed by atoms with Crippen LogP contribution in [-0.4, -0.2) is 12.1 Å². The lowest BCUT2D eigenvalue weighted by atomic mass is 10.0. The number of hydrogen-bond donors (Lipinski definition) is 2. The van der Waals surface area contributed by atoms with Crippen molar-refractivity contribution in [2.24, 2.45) is 5.73 Å². The minimum Gasteiger partial charge on any atom is -0.324 e. The first-order chi connectivity index (χ1) is 8.65. The summed E-state index contributed by atoms with van der Waals surface area (Å²) in [7, 11) is 0. The third kappa shape index (κ3) is 2.55. The van der Waals surface area contributed by atoms with Gasteiger partial charge in [-0.2, -0.15) is 0 Å². The first-order valence-corrected chi connectivity index (χ1v) is 6.64. The predicted octanol–water partition coefficient (Wildman–Crippen LogP) is 2.73. The standard InChI is InChI=1S/C16H20N2/c1-12-2-4-15-9-13(3-5-14(15)8-12)10-18-11-16(17)6-7-16/h2-5,8-9,18H,6-7,10-11,17H2,1H3. The Balaban J connectivity index is 1.70. The van der Waals surface area contributed by atoms with Crippen LogP contribution in [-0.2, 0) is 6.54 Å². The van der Waals surface area contributed by atoms with E-state index in [0.717, 1.165) is 25.9 Å². The summed E-state index contributed by atoms with van der Waals surface area (Å²) in [5, 5.41) is 6.08. The molecule has 18 heavy (non-hydrogen) atoms. The van der Waals surface area contributed by atoms with Crippen LogP contribution in [0.1, 0.15) is 24.0 Å². The van der Waals surface area contributed by atoms with Gasteiger partial charge in [-0.3, -0.25) is 0 Å². The Morgan fingerprint density at radius 1 is 1.11 bits per heavy atom. The number of hydrogen-bond acceptors (Lipinski definition) is 2. The van der Waals surface area contributed by atoms with E-state index < -0.39 is 0 Å². The molecule has 0 heterocycles. The van der Waals surface area contributed by atoms with Crippen molar-refractivity contribution in [1.29, 1.82) is 0 Å². The fraction of sp³-hybridized carbons (Fsp3) is 0.375. The van der Waals surface area contributed by atoms with Gasteiger partial charge in [0.1, 0.15) is 0 Å². The molecule has 0 aromatic heterocycles. The first-order valence-electron chi connectivity index (χ1n) is 6.64. The van der Waals surface area contributed by atoms with Crippen LogP contribution in [0.15, 0.2) is 36.4 Å². The van der Waals surface area contributed by atoms with Crippen molar-refractivity contribution in [1.82, 2.24) is 5.32 Å². The van der Waals surface area contributed by atoms with Gasteiger partial charge < -0.3 is 11.1 Å². The van der Waals surface area contributed by atoms with Crippen LogP contribution in [0.2, 0.25) is 0 Å². The Morgan fingerprint density at radius 2 is 1.83 bits per heavy atom. The molecule has 0 unspecified atom stereocenters. The minimum absolute atomic E-state index is 0.0912. The van der Waals surface area contributed by atoms with Crippen LogP contribution >= 0.6 is 0 Å². The highest BCUT2D eigenvalue weighted by Gasteiger charge is 2.37. The second kappa shape index (κ2) is 4.38. The molecule has 1 aliphatic rings. The summed E-state index contributed by atoms with van der Waals surface area (Å²) >= 11 is 0. The van der Waals surface area contributed by atoms with Gasteiger partial charge in [0.2, 0.25) is 0 Å². The van der Waals surface area contributed by atoms with Crippen molar-refractivity contribution in [3.8, 4) is 0 Å². The predicted molar refractivity (Wildman–Crippen MR) is 76.5 cm³/mol. The first kappa shape index (κ1) is 11.7. The third-order valence-electron chi connectivity index (χ3n) is 3.76. The van der Waals surface area contributed by atoms with E-state index in [1.54, 1.807) is 0 Å². The summed E-state index contributed by atoms with van der Waals surface area (Å²) in [5.74, 6) is 0. The zero-order chi connectivity index (χ0) is 12.6. The maximum atomic E-state index is 6.06. The van der Waals surface area contributed by atoms with Gasteiger partial charge in [-0.1, -0.05) is 35.9 Å². The summed E-state index contributed by atoms with van der Waals surface area (Å²) in [6, 6.07) is 13.3. The van der Waals surface area contributed by atoms with Crippen LogP contribution in [0.3, 0.4) is 0 Å². The Morgan fingerprint density at radius 3 is 2.61 bits per heavy atom. The fourth-order valence-electron chi connectivity index (χ4n) is 2.32. The van der Waals surface area contributed by atoms with Gasteiger partial charge in [-0.15, -0.1) is 0 Å². The SMILES string of the molecule is Cc1ccc2cc(CNCC3(N)CC3)ccc2c1. The quantitative estimate of drug-likeness (QED) is 0.862. The molecule has 1 aliphatic carbocycles. The van der Waals surface area contributed by atoms with E-state index in [4.69, 9.17) is 5.73 Å². The number of nitrogens with one attached hydrogen (secondary N) is 1. The highest BCUT2D eigenvalue weighted by atomic mass is 15.0. The highest BCUT2D eigenvalue weighted by Crippen LogP contribution is 2.31. The molecule has 2 aromatic rings. The molecule has 0 spiro atoms. The van der Waals surface area contributed by atoms with Gasteiger partial charge in [0.15, 0.2) is 0 Å². The maximum Gasteiger partial charge on any atom is 0.0282 e. The number of fused-ring (bicyclic) bond motifs is 1. The Bertz CT molecular complexity index is 570. The highest BCUT2D eigenvalue weighted by molar-refractivity contribution is 5.83. The summed E-state index contributed by atoms with van der Waals surface area (Å²) in [6.45, 7) is 3.97. The number of aryl methyl sites for hydroxylation is 1. The molecule has 2 aromatic carbocycles. The molecule has 2 nitrogen and oxygen atoms in total.